The third-order valence-corrected chi connectivity index (χ3v) is 4.47. The van der Waals surface area contributed by atoms with Crippen molar-refractivity contribution in [2.45, 2.75) is 18.3 Å². The van der Waals surface area contributed by atoms with E-state index in [0.717, 1.165) is 24.3 Å². The van der Waals surface area contributed by atoms with Crippen molar-refractivity contribution in [1.82, 2.24) is 4.90 Å². The van der Waals surface area contributed by atoms with Crippen LogP contribution in [0.5, 0.6) is 0 Å². The minimum absolute atomic E-state index is 0.190. The van der Waals surface area contributed by atoms with Crippen molar-refractivity contribution in [3.05, 3.63) is 35.9 Å². The van der Waals surface area contributed by atoms with Crippen LogP contribution < -0.4 is 0 Å². The molecule has 0 N–H and O–H groups in total. The van der Waals surface area contributed by atoms with E-state index in [2.05, 4.69) is 25.3 Å². The fourth-order valence-corrected chi connectivity index (χ4v) is 3.22. The largest absolute Gasteiger partial charge is 0.445 e. The van der Waals surface area contributed by atoms with Crippen molar-refractivity contribution in [3.63, 3.8) is 0 Å². The normalized spacial score (nSPS) is 23.2. The van der Waals surface area contributed by atoms with Crippen LogP contribution in [0.3, 0.4) is 0 Å². The Morgan fingerprint density at radius 1 is 1.37 bits per heavy atom. The number of amides is 1. The van der Waals surface area contributed by atoms with E-state index in [1.165, 1.54) is 0 Å². The highest BCUT2D eigenvalue weighted by atomic mass is 32.1. The van der Waals surface area contributed by atoms with Crippen LogP contribution in [0.15, 0.2) is 30.3 Å². The molecule has 2 rings (SSSR count). The predicted molar refractivity (Wildman–Crippen MR) is 82.9 cm³/mol. The summed E-state index contributed by atoms with van der Waals surface area (Å²) in [5.41, 5.74) is 1.00. The smallest absolute Gasteiger partial charge is 0.410 e. The molecule has 2 unspecified atom stereocenters. The topological polar surface area (TPSA) is 29.5 Å². The second-order valence-corrected chi connectivity index (χ2v) is 5.81. The molecule has 0 spiro atoms. The molecule has 0 radical (unpaired) electrons. The standard InChI is InChI=1S/C14H19NO2S2/c16-14(17-9-11-4-2-1-3-5-11)15-7-6-12(10-18)13(19)8-15/h1-5,12-13,18-19H,6-10H2. The van der Waals surface area contributed by atoms with Crippen molar-refractivity contribution in [3.8, 4) is 0 Å². The number of carbonyl (C=O) groups excluding carboxylic acids is 1. The minimum atomic E-state index is -0.250. The number of carbonyl (C=O) groups is 1. The Balaban J connectivity index is 1.81. The zero-order chi connectivity index (χ0) is 13.7. The van der Waals surface area contributed by atoms with Gasteiger partial charge in [-0.05, 0) is 23.7 Å². The van der Waals surface area contributed by atoms with Crippen LogP contribution >= 0.6 is 25.3 Å². The van der Waals surface area contributed by atoms with Crippen molar-refractivity contribution in [2.75, 3.05) is 18.8 Å². The second kappa shape index (κ2) is 7.10. The zero-order valence-corrected chi connectivity index (χ0v) is 12.5. The first kappa shape index (κ1) is 14.6. The maximum atomic E-state index is 12.0. The lowest BCUT2D eigenvalue weighted by molar-refractivity contribution is 0.0855. The van der Waals surface area contributed by atoms with Crippen LogP contribution in [-0.2, 0) is 11.3 Å². The Morgan fingerprint density at radius 3 is 2.74 bits per heavy atom. The van der Waals surface area contributed by atoms with E-state index < -0.39 is 0 Å². The maximum Gasteiger partial charge on any atom is 0.410 e. The number of benzene rings is 1. The average Bonchev–Trinajstić information content (AvgIpc) is 2.45. The van der Waals surface area contributed by atoms with Gasteiger partial charge < -0.3 is 9.64 Å². The SMILES string of the molecule is O=C(OCc1ccccc1)N1CCC(CS)C(S)C1. The molecule has 1 saturated heterocycles. The van der Waals surface area contributed by atoms with Crippen LogP contribution in [-0.4, -0.2) is 35.1 Å². The Bertz CT molecular complexity index is 413. The molecule has 5 heteroatoms. The molecule has 19 heavy (non-hydrogen) atoms. The number of hydrogen-bond donors (Lipinski definition) is 2. The Hall–Kier alpha value is -0.810. The highest BCUT2D eigenvalue weighted by Gasteiger charge is 2.29. The minimum Gasteiger partial charge on any atom is -0.445 e. The van der Waals surface area contributed by atoms with E-state index in [1.807, 2.05) is 30.3 Å². The van der Waals surface area contributed by atoms with Gasteiger partial charge in [-0.25, -0.2) is 4.79 Å². The summed E-state index contributed by atoms with van der Waals surface area (Å²) in [6, 6.07) is 9.71. The Kier molecular flexibility index (Phi) is 5.45. The van der Waals surface area contributed by atoms with Gasteiger partial charge >= 0.3 is 6.09 Å². The van der Waals surface area contributed by atoms with E-state index in [1.54, 1.807) is 4.90 Å². The summed E-state index contributed by atoms with van der Waals surface area (Å²) in [6.45, 7) is 1.70. The highest BCUT2D eigenvalue weighted by Crippen LogP contribution is 2.23. The van der Waals surface area contributed by atoms with E-state index >= 15 is 0 Å². The first-order valence-corrected chi connectivity index (χ1v) is 7.60. The number of rotatable bonds is 3. The van der Waals surface area contributed by atoms with E-state index in [4.69, 9.17) is 4.74 Å². The molecule has 104 valence electrons. The maximum absolute atomic E-state index is 12.0. The molecule has 1 aliphatic rings. The lowest BCUT2D eigenvalue weighted by Gasteiger charge is -2.35. The van der Waals surface area contributed by atoms with Crippen LogP contribution in [0.4, 0.5) is 4.79 Å². The quantitative estimate of drug-likeness (QED) is 0.840. The second-order valence-electron chi connectivity index (χ2n) is 4.78. The Morgan fingerprint density at radius 2 is 2.11 bits per heavy atom. The molecule has 0 saturated carbocycles. The van der Waals surface area contributed by atoms with Crippen LogP contribution in [0, 0.1) is 5.92 Å². The lowest BCUT2D eigenvalue weighted by Crippen LogP contribution is -2.45. The molecular formula is C14H19NO2S2. The monoisotopic (exact) mass is 297 g/mol. The summed E-state index contributed by atoms with van der Waals surface area (Å²) < 4.78 is 5.32. The molecule has 1 aromatic carbocycles. The molecule has 0 aromatic heterocycles. The average molecular weight is 297 g/mol. The number of ether oxygens (including phenoxy) is 1. The fraction of sp³-hybridized carbons (Fsp3) is 0.500. The molecule has 1 amide bonds. The van der Waals surface area contributed by atoms with Crippen LogP contribution in [0.1, 0.15) is 12.0 Å². The third kappa shape index (κ3) is 4.08. The number of likely N-dealkylation sites (tertiary alicyclic amines) is 1. The first-order valence-electron chi connectivity index (χ1n) is 6.45. The summed E-state index contributed by atoms with van der Waals surface area (Å²) in [4.78, 5) is 13.7. The molecular weight excluding hydrogens is 278 g/mol. The first-order chi connectivity index (χ1) is 9.20. The summed E-state index contributed by atoms with van der Waals surface area (Å²) in [5.74, 6) is 1.30. The molecule has 1 aromatic rings. The lowest BCUT2D eigenvalue weighted by atomic mass is 9.98. The number of piperidine rings is 1. The summed E-state index contributed by atoms with van der Waals surface area (Å²) in [7, 11) is 0. The highest BCUT2D eigenvalue weighted by molar-refractivity contribution is 7.81. The molecule has 3 nitrogen and oxygen atoms in total. The van der Waals surface area contributed by atoms with Gasteiger partial charge in [0.25, 0.3) is 0 Å². The summed E-state index contributed by atoms with van der Waals surface area (Å²) in [5, 5.41) is 0.190. The van der Waals surface area contributed by atoms with E-state index in [-0.39, 0.29) is 11.3 Å². The Labute approximate surface area is 125 Å². The van der Waals surface area contributed by atoms with Crippen LogP contribution in [0.2, 0.25) is 0 Å². The van der Waals surface area contributed by atoms with Gasteiger partial charge in [-0.3, -0.25) is 0 Å². The number of thiol groups is 2. The summed E-state index contributed by atoms with van der Waals surface area (Å²) in [6.07, 6.45) is 0.693. The molecule has 0 aliphatic carbocycles. The van der Waals surface area contributed by atoms with Crippen molar-refractivity contribution in [1.29, 1.82) is 0 Å². The van der Waals surface area contributed by atoms with Gasteiger partial charge in [-0.15, -0.1) is 0 Å². The van der Waals surface area contributed by atoms with Gasteiger partial charge in [0.1, 0.15) is 6.61 Å². The van der Waals surface area contributed by atoms with Crippen molar-refractivity contribution in [2.24, 2.45) is 5.92 Å². The predicted octanol–water partition coefficient (Wildman–Crippen LogP) is 2.87. The van der Waals surface area contributed by atoms with Gasteiger partial charge in [-0.2, -0.15) is 25.3 Å². The van der Waals surface area contributed by atoms with Crippen molar-refractivity contribution < 1.29 is 9.53 Å². The fourth-order valence-electron chi connectivity index (χ4n) is 2.17. The zero-order valence-electron chi connectivity index (χ0n) is 10.7. The number of hydrogen-bond acceptors (Lipinski definition) is 4. The van der Waals surface area contributed by atoms with Gasteiger partial charge in [0.2, 0.25) is 0 Å². The van der Waals surface area contributed by atoms with Gasteiger partial charge in [-0.1, -0.05) is 30.3 Å². The number of nitrogens with zero attached hydrogens (tertiary/aromatic N) is 1. The third-order valence-electron chi connectivity index (χ3n) is 3.42. The molecule has 1 aliphatic heterocycles. The molecule has 0 bridgehead atoms. The summed E-state index contributed by atoms with van der Waals surface area (Å²) >= 11 is 8.84. The molecule has 2 atom stereocenters. The van der Waals surface area contributed by atoms with E-state index in [9.17, 15) is 4.79 Å². The van der Waals surface area contributed by atoms with Gasteiger partial charge in [0.05, 0.1) is 0 Å². The van der Waals surface area contributed by atoms with Gasteiger partial charge in [0.15, 0.2) is 0 Å². The molecule has 1 heterocycles. The van der Waals surface area contributed by atoms with E-state index in [0.29, 0.717) is 19.1 Å². The van der Waals surface area contributed by atoms with Gasteiger partial charge in [0, 0.05) is 18.3 Å². The molecule has 1 fully saturated rings. The van der Waals surface area contributed by atoms with Crippen molar-refractivity contribution >= 4 is 31.4 Å². The van der Waals surface area contributed by atoms with Crippen LogP contribution in [0.25, 0.3) is 0 Å².